The van der Waals surface area contributed by atoms with E-state index in [4.69, 9.17) is 4.74 Å². The van der Waals surface area contributed by atoms with Gasteiger partial charge in [0, 0.05) is 24.4 Å². The van der Waals surface area contributed by atoms with Crippen molar-refractivity contribution in [3.8, 4) is 11.5 Å². The van der Waals surface area contributed by atoms with Gasteiger partial charge in [-0.15, -0.1) is 0 Å². The van der Waals surface area contributed by atoms with Gasteiger partial charge in [0.25, 0.3) is 5.69 Å². The fourth-order valence-corrected chi connectivity index (χ4v) is 1.80. The smallest absolute Gasteiger partial charge is 0.275 e. The normalized spacial score (nSPS) is 10.1. The molecule has 0 saturated heterocycles. The summed E-state index contributed by atoms with van der Waals surface area (Å²) in [6.45, 7) is 4.60. The highest BCUT2D eigenvalue weighted by Crippen LogP contribution is 2.29. The number of hydrogen-bond acceptors (Lipinski definition) is 4. The van der Waals surface area contributed by atoms with E-state index >= 15 is 0 Å². The van der Waals surface area contributed by atoms with Gasteiger partial charge < -0.3 is 10.1 Å². The van der Waals surface area contributed by atoms with Crippen molar-refractivity contribution in [1.82, 2.24) is 0 Å². The lowest BCUT2D eigenvalue weighted by Gasteiger charge is -2.09. The number of rotatable bonds is 5. The highest BCUT2D eigenvalue weighted by molar-refractivity contribution is 5.57. The fraction of sp³-hybridized carbons (Fsp3) is 0.200. The third kappa shape index (κ3) is 3.47. The number of nitrogens with one attached hydrogen (secondary N) is 1. The molecule has 5 heteroatoms. The zero-order valence-corrected chi connectivity index (χ0v) is 11.4. The molecule has 0 spiro atoms. The summed E-state index contributed by atoms with van der Waals surface area (Å²) in [4.78, 5) is 10.5. The molecule has 0 fully saturated rings. The first-order chi connectivity index (χ1) is 9.58. The third-order valence-electron chi connectivity index (χ3n) is 2.74. The number of nitro benzene ring substituents is 1. The average Bonchev–Trinajstić information content (AvgIpc) is 2.41. The number of benzene rings is 2. The molecule has 0 radical (unpaired) electrons. The molecule has 0 unspecified atom stereocenters. The number of ether oxygens (including phenoxy) is 1. The quantitative estimate of drug-likeness (QED) is 0.656. The summed E-state index contributed by atoms with van der Waals surface area (Å²) in [6, 6.07) is 12.2. The minimum Gasteiger partial charge on any atom is -0.457 e. The van der Waals surface area contributed by atoms with Gasteiger partial charge in [0.15, 0.2) is 0 Å². The Morgan fingerprint density at radius 1 is 1.15 bits per heavy atom. The molecule has 0 amide bonds. The highest BCUT2D eigenvalue weighted by Gasteiger charge is 2.11. The molecule has 0 aliphatic heterocycles. The predicted molar refractivity (Wildman–Crippen MR) is 78.5 cm³/mol. The zero-order valence-electron chi connectivity index (χ0n) is 11.4. The van der Waals surface area contributed by atoms with Crippen molar-refractivity contribution in [3.63, 3.8) is 0 Å². The van der Waals surface area contributed by atoms with Crippen LogP contribution in [0.25, 0.3) is 0 Å². The maximum atomic E-state index is 10.9. The summed E-state index contributed by atoms with van der Waals surface area (Å²) >= 11 is 0. The number of aryl methyl sites for hydroxylation is 1. The molecule has 104 valence electrons. The van der Waals surface area contributed by atoms with Crippen LogP contribution in [0, 0.1) is 17.0 Å². The van der Waals surface area contributed by atoms with Crippen molar-refractivity contribution < 1.29 is 9.66 Å². The largest absolute Gasteiger partial charge is 0.457 e. The molecule has 20 heavy (non-hydrogen) atoms. The fourth-order valence-electron chi connectivity index (χ4n) is 1.80. The van der Waals surface area contributed by atoms with E-state index in [0.717, 1.165) is 5.56 Å². The predicted octanol–water partition coefficient (Wildman–Crippen LogP) is 4.13. The summed E-state index contributed by atoms with van der Waals surface area (Å²) in [6.07, 6.45) is 0. The van der Waals surface area contributed by atoms with Crippen molar-refractivity contribution in [2.24, 2.45) is 0 Å². The minimum atomic E-state index is -0.428. The highest BCUT2D eigenvalue weighted by atomic mass is 16.6. The third-order valence-corrected chi connectivity index (χ3v) is 2.74. The number of nitrogens with zero attached hydrogens (tertiary/aromatic N) is 1. The summed E-state index contributed by atoms with van der Waals surface area (Å²) in [5.41, 5.74) is 1.80. The number of nitro groups is 1. The number of non-ortho nitro benzene ring substituents is 1. The van der Waals surface area contributed by atoms with E-state index in [9.17, 15) is 10.1 Å². The summed E-state index contributed by atoms with van der Waals surface area (Å²) in [5.74, 6) is 1.09. The second-order valence-electron chi connectivity index (χ2n) is 4.42. The van der Waals surface area contributed by atoms with E-state index in [0.29, 0.717) is 23.7 Å². The summed E-state index contributed by atoms with van der Waals surface area (Å²) < 4.78 is 5.67. The Balaban J connectivity index is 2.29. The van der Waals surface area contributed by atoms with Gasteiger partial charge in [-0.05, 0) is 26.0 Å². The molecule has 1 N–H and O–H groups in total. The molecule has 2 rings (SSSR count). The molecule has 0 aliphatic rings. The van der Waals surface area contributed by atoms with Crippen LogP contribution in [0.1, 0.15) is 12.5 Å². The van der Waals surface area contributed by atoms with E-state index in [2.05, 4.69) is 5.32 Å². The van der Waals surface area contributed by atoms with Crippen LogP contribution in [0.3, 0.4) is 0 Å². The lowest BCUT2D eigenvalue weighted by Crippen LogP contribution is -1.98. The Hall–Kier alpha value is -2.56. The molecule has 0 atom stereocenters. The van der Waals surface area contributed by atoms with Crippen LogP contribution in [0.15, 0.2) is 42.5 Å². The van der Waals surface area contributed by atoms with Crippen molar-refractivity contribution >= 4 is 11.4 Å². The topological polar surface area (TPSA) is 64.4 Å². The van der Waals surface area contributed by atoms with Crippen LogP contribution in [-0.2, 0) is 0 Å². The Morgan fingerprint density at radius 2 is 1.85 bits per heavy atom. The molecule has 2 aromatic rings. The van der Waals surface area contributed by atoms with Gasteiger partial charge in [-0.25, -0.2) is 0 Å². The zero-order chi connectivity index (χ0) is 14.5. The second-order valence-corrected chi connectivity index (χ2v) is 4.42. The van der Waals surface area contributed by atoms with Crippen LogP contribution in [0.4, 0.5) is 11.4 Å². The molecule has 0 aromatic heterocycles. The van der Waals surface area contributed by atoms with Gasteiger partial charge in [0.1, 0.15) is 11.5 Å². The number of hydrogen-bond donors (Lipinski definition) is 1. The van der Waals surface area contributed by atoms with Crippen LogP contribution in [0.5, 0.6) is 11.5 Å². The van der Waals surface area contributed by atoms with E-state index in [-0.39, 0.29) is 5.69 Å². The first-order valence-corrected chi connectivity index (χ1v) is 6.36. The lowest BCUT2D eigenvalue weighted by molar-refractivity contribution is -0.384. The first-order valence-electron chi connectivity index (χ1n) is 6.36. The van der Waals surface area contributed by atoms with E-state index < -0.39 is 4.92 Å². The average molecular weight is 272 g/mol. The molecule has 0 heterocycles. The van der Waals surface area contributed by atoms with E-state index in [1.165, 1.54) is 12.1 Å². The van der Waals surface area contributed by atoms with Gasteiger partial charge in [-0.1, -0.05) is 17.7 Å². The maximum absolute atomic E-state index is 10.9. The van der Waals surface area contributed by atoms with Crippen molar-refractivity contribution in [3.05, 3.63) is 58.1 Å². The van der Waals surface area contributed by atoms with Gasteiger partial charge in [-0.2, -0.15) is 0 Å². The van der Waals surface area contributed by atoms with Crippen LogP contribution >= 0.6 is 0 Å². The van der Waals surface area contributed by atoms with Gasteiger partial charge in [0.05, 0.1) is 11.0 Å². The van der Waals surface area contributed by atoms with Crippen LogP contribution < -0.4 is 10.1 Å². The second kappa shape index (κ2) is 6.06. The van der Waals surface area contributed by atoms with Gasteiger partial charge in [0.2, 0.25) is 0 Å². The number of anilines is 1. The standard InChI is InChI=1S/C15H16N2O3/c1-3-16-12-8-13(17(18)19)10-15(9-12)20-14-6-4-11(2)5-7-14/h4-10,16H,3H2,1-2H3. The van der Waals surface area contributed by atoms with Crippen molar-refractivity contribution in [2.45, 2.75) is 13.8 Å². The van der Waals surface area contributed by atoms with Crippen molar-refractivity contribution in [2.75, 3.05) is 11.9 Å². The van der Waals surface area contributed by atoms with Crippen molar-refractivity contribution in [1.29, 1.82) is 0 Å². The Morgan fingerprint density at radius 3 is 2.45 bits per heavy atom. The summed E-state index contributed by atoms with van der Waals surface area (Å²) in [7, 11) is 0. The van der Waals surface area contributed by atoms with E-state index in [1.807, 2.05) is 38.1 Å². The minimum absolute atomic E-state index is 0.00515. The summed E-state index contributed by atoms with van der Waals surface area (Å²) in [5, 5.41) is 14.0. The molecular formula is C15H16N2O3. The molecule has 5 nitrogen and oxygen atoms in total. The maximum Gasteiger partial charge on any atom is 0.275 e. The molecular weight excluding hydrogens is 256 g/mol. The molecule has 0 aliphatic carbocycles. The monoisotopic (exact) mass is 272 g/mol. The Bertz CT molecular complexity index is 609. The van der Waals surface area contributed by atoms with Crippen LogP contribution in [-0.4, -0.2) is 11.5 Å². The SMILES string of the molecule is CCNc1cc(Oc2ccc(C)cc2)cc([N+](=O)[O-])c1. The first kappa shape index (κ1) is 13.9. The lowest BCUT2D eigenvalue weighted by atomic mass is 10.2. The van der Waals surface area contributed by atoms with Crippen LogP contribution in [0.2, 0.25) is 0 Å². The van der Waals surface area contributed by atoms with Gasteiger partial charge >= 0.3 is 0 Å². The van der Waals surface area contributed by atoms with E-state index in [1.54, 1.807) is 6.07 Å². The molecule has 0 bridgehead atoms. The Kier molecular flexibility index (Phi) is 4.20. The van der Waals surface area contributed by atoms with Gasteiger partial charge in [-0.3, -0.25) is 10.1 Å². The Labute approximate surface area is 117 Å². The molecule has 2 aromatic carbocycles. The molecule has 0 saturated carbocycles.